The van der Waals surface area contributed by atoms with Gasteiger partial charge in [0.1, 0.15) is 0 Å². The van der Waals surface area contributed by atoms with Crippen LogP contribution in [0.1, 0.15) is 25.5 Å². The molecule has 0 saturated carbocycles. The highest BCUT2D eigenvalue weighted by atomic mass is 35.5. The highest BCUT2D eigenvalue weighted by Crippen LogP contribution is 2.25. The summed E-state index contributed by atoms with van der Waals surface area (Å²) in [4.78, 5) is 13.3. The molecule has 1 rings (SSSR count). The zero-order valence-corrected chi connectivity index (χ0v) is 12.4. The van der Waals surface area contributed by atoms with Gasteiger partial charge in [0.05, 0.1) is 6.61 Å². The molecular weight excluding hydrogens is 262 g/mol. The number of rotatable bonds is 6. The lowest BCUT2D eigenvalue weighted by Crippen LogP contribution is -2.22. The van der Waals surface area contributed by atoms with Crippen molar-refractivity contribution >= 4 is 17.6 Å². The molecule has 19 heavy (non-hydrogen) atoms. The predicted molar refractivity (Wildman–Crippen MR) is 78.3 cm³/mol. The van der Waals surface area contributed by atoms with Crippen LogP contribution in [0.25, 0.3) is 0 Å². The molecule has 1 unspecified atom stereocenters. The van der Waals surface area contributed by atoms with E-state index in [0.717, 1.165) is 10.6 Å². The van der Waals surface area contributed by atoms with Gasteiger partial charge in [-0.25, -0.2) is 4.79 Å². The summed E-state index contributed by atoms with van der Waals surface area (Å²) >= 11 is 6.17. The van der Waals surface area contributed by atoms with Crippen molar-refractivity contribution in [1.29, 1.82) is 0 Å². The molecule has 0 spiro atoms. The quantitative estimate of drug-likeness (QED) is 0.591. The molecule has 0 N–H and O–H groups in total. The second kappa shape index (κ2) is 7.97. The molecule has 3 nitrogen and oxygen atoms in total. The molecule has 0 amide bonds. The summed E-state index contributed by atoms with van der Waals surface area (Å²) in [6.07, 6.45) is 3.25. The summed E-state index contributed by atoms with van der Waals surface area (Å²) in [6.45, 7) is 4.93. The van der Waals surface area contributed by atoms with Gasteiger partial charge in [0.2, 0.25) is 0 Å². The van der Waals surface area contributed by atoms with Gasteiger partial charge in [0, 0.05) is 23.7 Å². The molecule has 0 aliphatic heterocycles. The average Bonchev–Trinajstić information content (AvgIpc) is 2.38. The van der Waals surface area contributed by atoms with Crippen LogP contribution in [0.4, 0.5) is 0 Å². The number of hydrogen-bond acceptors (Lipinski definition) is 3. The third-order valence-corrected chi connectivity index (χ3v) is 3.29. The second-order valence-corrected chi connectivity index (χ2v) is 4.70. The van der Waals surface area contributed by atoms with Crippen molar-refractivity contribution in [1.82, 2.24) is 4.90 Å². The Kier molecular flexibility index (Phi) is 6.60. The molecule has 0 saturated heterocycles. The molecule has 104 valence electrons. The lowest BCUT2D eigenvalue weighted by molar-refractivity contribution is -0.137. The average molecular weight is 282 g/mol. The molecule has 0 radical (unpaired) electrons. The van der Waals surface area contributed by atoms with E-state index in [4.69, 9.17) is 16.3 Å². The summed E-state index contributed by atoms with van der Waals surface area (Å²) in [5.41, 5.74) is 1.08. The van der Waals surface area contributed by atoms with E-state index in [2.05, 4.69) is 11.8 Å². The molecule has 0 heterocycles. The summed E-state index contributed by atoms with van der Waals surface area (Å²) in [7, 11) is 1.99. The molecule has 4 heteroatoms. The smallest absolute Gasteiger partial charge is 0.330 e. The van der Waals surface area contributed by atoms with E-state index >= 15 is 0 Å². The van der Waals surface area contributed by atoms with Gasteiger partial charge in [-0.2, -0.15) is 0 Å². The lowest BCUT2D eigenvalue weighted by Gasteiger charge is -2.24. The molecule has 0 aromatic heterocycles. The summed E-state index contributed by atoms with van der Waals surface area (Å²) in [6, 6.07) is 7.97. The number of ether oxygens (including phenoxy) is 1. The Morgan fingerprint density at radius 2 is 2.16 bits per heavy atom. The molecule has 0 bridgehead atoms. The van der Waals surface area contributed by atoms with E-state index in [1.165, 1.54) is 6.08 Å². The minimum Gasteiger partial charge on any atom is -0.463 e. The van der Waals surface area contributed by atoms with Crippen molar-refractivity contribution in [3.8, 4) is 0 Å². The number of benzene rings is 1. The molecule has 0 fully saturated rings. The summed E-state index contributed by atoms with van der Waals surface area (Å²) in [5, 5.41) is 0.760. The predicted octanol–water partition coefficient (Wildman–Crippen LogP) is 3.45. The van der Waals surface area contributed by atoms with Crippen LogP contribution in [0.2, 0.25) is 5.02 Å². The van der Waals surface area contributed by atoms with Crippen LogP contribution < -0.4 is 0 Å². The zero-order chi connectivity index (χ0) is 14.3. The maximum atomic E-state index is 11.2. The fourth-order valence-electron chi connectivity index (χ4n) is 1.72. The Morgan fingerprint density at radius 3 is 2.79 bits per heavy atom. The molecule has 0 aliphatic rings. The van der Waals surface area contributed by atoms with Crippen LogP contribution in [-0.2, 0) is 9.53 Å². The Balaban J connectivity index is 2.56. The zero-order valence-electron chi connectivity index (χ0n) is 11.6. The van der Waals surface area contributed by atoms with Gasteiger partial charge in [-0.3, -0.25) is 4.90 Å². The van der Waals surface area contributed by atoms with Crippen LogP contribution in [0.3, 0.4) is 0 Å². The Morgan fingerprint density at radius 1 is 1.47 bits per heavy atom. The standard InChI is InChI=1S/C15H20ClNO2/c1-4-19-15(18)10-7-11-17(3)12(2)13-8-5-6-9-14(13)16/h5-10,12H,4,11H2,1-3H3/b10-7+. The molecule has 1 aromatic carbocycles. The largest absolute Gasteiger partial charge is 0.463 e. The molecule has 1 atom stereocenters. The Labute approximate surface area is 119 Å². The minimum absolute atomic E-state index is 0.181. The van der Waals surface area contributed by atoms with E-state index in [1.54, 1.807) is 13.0 Å². The number of carbonyl (C=O) groups is 1. The van der Waals surface area contributed by atoms with Crippen molar-refractivity contribution in [2.24, 2.45) is 0 Å². The second-order valence-electron chi connectivity index (χ2n) is 4.29. The number of esters is 1. The number of hydrogen-bond donors (Lipinski definition) is 0. The van der Waals surface area contributed by atoms with Gasteiger partial charge in [-0.05, 0) is 32.5 Å². The first-order valence-electron chi connectivity index (χ1n) is 6.34. The minimum atomic E-state index is -0.304. The fraction of sp³-hybridized carbons (Fsp3) is 0.400. The van der Waals surface area contributed by atoms with Crippen molar-refractivity contribution in [2.45, 2.75) is 19.9 Å². The van der Waals surface area contributed by atoms with E-state index in [-0.39, 0.29) is 12.0 Å². The maximum absolute atomic E-state index is 11.2. The number of halogens is 1. The topological polar surface area (TPSA) is 29.5 Å². The van der Waals surface area contributed by atoms with Crippen LogP contribution in [0.5, 0.6) is 0 Å². The van der Waals surface area contributed by atoms with Gasteiger partial charge < -0.3 is 4.74 Å². The number of carbonyl (C=O) groups excluding carboxylic acids is 1. The van der Waals surface area contributed by atoms with Crippen molar-refractivity contribution in [2.75, 3.05) is 20.2 Å². The summed E-state index contributed by atoms with van der Waals surface area (Å²) < 4.78 is 4.82. The van der Waals surface area contributed by atoms with Crippen LogP contribution in [-0.4, -0.2) is 31.1 Å². The van der Waals surface area contributed by atoms with Gasteiger partial charge in [-0.1, -0.05) is 35.9 Å². The Hall–Kier alpha value is -1.32. The fourth-order valence-corrected chi connectivity index (χ4v) is 2.01. The third kappa shape index (κ3) is 5.05. The highest BCUT2D eigenvalue weighted by Gasteiger charge is 2.12. The summed E-state index contributed by atoms with van der Waals surface area (Å²) in [5.74, 6) is -0.304. The highest BCUT2D eigenvalue weighted by molar-refractivity contribution is 6.31. The Bertz CT molecular complexity index is 446. The van der Waals surface area contributed by atoms with E-state index in [0.29, 0.717) is 13.2 Å². The first-order valence-corrected chi connectivity index (χ1v) is 6.72. The van der Waals surface area contributed by atoms with Crippen molar-refractivity contribution in [3.63, 3.8) is 0 Å². The molecule has 1 aromatic rings. The maximum Gasteiger partial charge on any atom is 0.330 e. The van der Waals surface area contributed by atoms with Crippen LogP contribution in [0, 0.1) is 0 Å². The number of nitrogens with zero attached hydrogens (tertiary/aromatic N) is 1. The van der Waals surface area contributed by atoms with Crippen molar-refractivity contribution in [3.05, 3.63) is 47.0 Å². The van der Waals surface area contributed by atoms with Gasteiger partial charge in [0.25, 0.3) is 0 Å². The number of likely N-dealkylation sites (N-methyl/N-ethyl adjacent to an activating group) is 1. The van der Waals surface area contributed by atoms with E-state index < -0.39 is 0 Å². The monoisotopic (exact) mass is 281 g/mol. The van der Waals surface area contributed by atoms with E-state index in [1.807, 2.05) is 31.3 Å². The van der Waals surface area contributed by atoms with Gasteiger partial charge in [-0.15, -0.1) is 0 Å². The van der Waals surface area contributed by atoms with Crippen LogP contribution >= 0.6 is 11.6 Å². The lowest BCUT2D eigenvalue weighted by atomic mass is 10.1. The SMILES string of the molecule is CCOC(=O)/C=C/CN(C)C(C)c1ccccc1Cl. The first kappa shape index (κ1) is 15.7. The van der Waals surface area contributed by atoms with Crippen LogP contribution in [0.15, 0.2) is 36.4 Å². The van der Waals surface area contributed by atoms with Crippen molar-refractivity contribution < 1.29 is 9.53 Å². The third-order valence-electron chi connectivity index (χ3n) is 2.95. The molecule has 0 aliphatic carbocycles. The first-order chi connectivity index (χ1) is 9.06. The molecular formula is C15H20ClNO2. The normalized spacial score (nSPS) is 12.9. The van der Waals surface area contributed by atoms with Gasteiger partial charge in [0.15, 0.2) is 0 Å². The van der Waals surface area contributed by atoms with Gasteiger partial charge >= 0.3 is 5.97 Å². The van der Waals surface area contributed by atoms with E-state index in [9.17, 15) is 4.79 Å².